The summed E-state index contributed by atoms with van der Waals surface area (Å²) in [5.41, 5.74) is -1.28. The number of ether oxygens (including phenoxy) is 1. The maximum Gasteiger partial charge on any atom is 0.338 e. The number of rotatable bonds is 5. The standard InChI is InChI=1S/C19H29N3O6S/c1-12(15(23)20-17(25)21-18(2,3)4)28-16(24)13-9-8-10-14(11-13)29(26,27)22-19(5,6)7/h8-12,22H,1-7H3,(H2,20,21,23,25)/t12-/m1/s1. The molecule has 0 aromatic heterocycles. The van der Waals surface area contributed by atoms with Crippen molar-refractivity contribution >= 4 is 27.9 Å². The van der Waals surface area contributed by atoms with Gasteiger partial charge in [0.1, 0.15) is 0 Å². The highest BCUT2D eigenvalue weighted by atomic mass is 32.2. The lowest BCUT2D eigenvalue weighted by Crippen LogP contribution is -2.50. The summed E-state index contributed by atoms with van der Waals surface area (Å²) in [7, 11) is -3.84. The molecular formula is C19H29N3O6S. The molecule has 0 bridgehead atoms. The van der Waals surface area contributed by atoms with E-state index in [1.807, 2.05) is 0 Å². The van der Waals surface area contributed by atoms with E-state index in [1.165, 1.54) is 25.1 Å². The normalized spacial score (nSPS) is 13.3. The molecule has 0 spiro atoms. The van der Waals surface area contributed by atoms with Gasteiger partial charge >= 0.3 is 12.0 Å². The van der Waals surface area contributed by atoms with Gasteiger partial charge in [-0.05, 0) is 66.7 Å². The average Bonchev–Trinajstić information content (AvgIpc) is 2.50. The molecule has 0 aliphatic heterocycles. The highest BCUT2D eigenvalue weighted by Gasteiger charge is 2.25. The quantitative estimate of drug-likeness (QED) is 0.616. The van der Waals surface area contributed by atoms with Crippen molar-refractivity contribution in [2.24, 2.45) is 0 Å². The fourth-order valence-corrected chi connectivity index (χ4v) is 3.58. The first-order valence-corrected chi connectivity index (χ1v) is 10.5. The number of carbonyl (C=O) groups is 3. The van der Waals surface area contributed by atoms with Gasteiger partial charge in [-0.3, -0.25) is 10.1 Å². The number of hydrogen-bond donors (Lipinski definition) is 3. The predicted molar refractivity (Wildman–Crippen MR) is 108 cm³/mol. The maximum absolute atomic E-state index is 12.4. The third kappa shape index (κ3) is 8.61. The smallest absolute Gasteiger partial charge is 0.338 e. The molecule has 0 fully saturated rings. The number of carbonyl (C=O) groups excluding carboxylic acids is 3. The summed E-state index contributed by atoms with van der Waals surface area (Å²) < 4.78 is 32.4. The summed E-state index contributed by atoms with van der Waals surface area (Å²) >= 11 is 0. The molecule has 1 atom stereocenters. The van der Waals surface area contributed by atoms with E-state index >= 15 is 0 Å². The molecule has 162 valence electrons. The van der Waals surface area contributed by atoms with Gasteiger partial charge in [-0.15, -0.1) is 0 Å². The van der Waals surface area contributed by atoms with Crippen LogP contribution >= 0.6 is 0 Å². The number of esters is 1. The molecule has 0 aliphatic carbocycles. The fraction of sp³-hybridized carbons (Fsp3) is 0.526. The summed E-state index contributed by atoms with van der Waals surface area (Å²) in [6.07, 6.45) is -1.26. The van der Waals surface area contributed by atoms with Crippen LogP contribution in [-0.2, 0) is 19.6 Å². The number of hydrogen-bond acceptors (Lipinski definition) is 6. The van der Waals surface area contributed by atoms with Crippen LogP contribution in [0.2, 0.25) is 0 Å². The maximum atomic E-state index is 12.4. The first kappa shape index (κ1) is 24.6. The first-order chi connectivity index (χ1) is 13.0. The number of sulfonamides is 1. The number of imide groups is 1. The Labute approximate surface area is 171 Å². The van der Waals surface area contributed by atoms with Crippen molar-refractivity contribution in [1.82, 2.24) is 15.4 Å². The summed E-state index contributed by atoms with van der Waals surface area (Å²) in [5.74, 6) is -1.70. The van der Waals surface area contributed by atoms with Crippen molar-refractivity contribution < 1.29 is 27.5 Å². The monoisotopic (exact) mass is 427 g/mol. The van der Waals surface area contributed by atoms with E-state index in [-0.39, 0.29) is 10.5 Å². The average molecular weight is 428 g/mol. The van der Waals surface area contributed by atoms with Crippen LogP contribution in [0.15, 0.2) is 29.2 Å². The molecule has 0 radical (unpaired) electrons. The van der Waals surface area contributed by atoms with Gasteiger partial charge in [0.25, 0.3) is 5.91 Å². The van der Waals surface area contributed by atoms with Crippen molar-refractivity contribution in [3.63, 3.8) is 0 Å². The van der Waals surface area contributed by atoms with Crippen LogP contribution < -0.4 is 15.4 Å². The lowest BCUT2D eigenvalue weighted by atomic mass is 10.1. The minimum absolute atomic E-state index is 0.0411. The summed E-state index contributed by atoms with van der Waals surface area (Å²) in [4.78, 5) is 36.0. The fourth-order valence-electron chi connectivity index (χ4n) is 2.12. The van der Waals surface area contributed by atoms with Gasteiger partial charge in [-0.25, -0.2) is 22.7 Å². The van der Waals surface area contributed by atoms with Crippen LogP contribution in [0.1, 0.15) is 58.8 Å². The van der Waals surface area contributed by atoms with Crippen LogP contribution in [0.5, 0.6) is 0 Å². The Morgan fingerprint density at radius 1 is 1.00 bits per heavy atom. The van der Waals surface area contributed by atoms with Crippen molar-refractivity contribution in [2.75, 3.05) is 0 Å². The number of nitrogens with one attached hydrogen (secondary N) is 3. The third-order valence-electron chi connectivity index (χ3n) is 3.20. The first-order valence-electron chi connectivity index (χ1n) is 8.98. The van der Waals surface area contributed by atoms with E-state index in [1.54, 1.807) is 41.5 Å². The Bertz CT molecular complexity index is 882. The summed E-state index contributed by atoms with van der Waals surface area (Å²) in [6, 6.07) is 4.56. The van der Waals surface area contributed by atoms with Crippen LogP contribution in [-0.4, -0.2) is 43.5 Å². The molecule has 9 nitrogen and oxygen atoms in total. The van der Waals surface area contributed by atoms with Crippen molar-refractivity contribution in [3.05, 3.63) is 29.8 Å². The zero-order valence-corrected chi connectivity index (χ0v) is 18.6. The predicted octanol–water partition coefficient (Wildman–Crippen LogP) is 1.93. The Kier molecular flexibility index (Phi) is 7.55. The molecule has 1 rings (SSSR count). The van der Waals surface area contributed by atoms with E-state index in [4.69, 9.17) is 4.74 Å². The third-order valence-corrected chi connectivity index (χ3v) is 4.95. The molecule has 29 heavy (non-hydrogen) atoms. The van der Waals surface area contributed by atoms with Crippen LogP contribution in [0.3, 0.4) is 0 Å². The van der Waals surface area contributed by atoms with Crippen molar-refractivity contribution in [1.29, 1.82) is 0 Å². The van der Waals surface area contributed by atoms with Gasteiger partial charge in [0.15, 0.2) is 6.10 Å². The SMILES string of the molecule is C[C@@H](OC(=O)c1cccc(S(=O)(=O)NC(C)(C)C)c1)C(=O)NC(=O)NC(C)(C)C. The number of urea groups is 1. The van der Waals surface area contributed by atoms with E-state index in [0.717, 1.165) is 6.07 Å². The molecule has 0 saturated heterocycles. The van der Waals surface area contributed by atoms with Gasteiger partial charge < -0.3 is 10.1 Å². The lowest BCUT2D eigenvalue weighted by Gasteiger charge is -2.21. The zero-order chi connectivity index (χ0) is 22.6. The molecule has 0 unspecified atom stereocenters. The topological polar surface area (TPSA) is 131 Å². The van der Waals surface area contributed by atoms with Crippen molar-refractivity contribution in [2.45, 2.75) is 70.5 Å². The van der Waals surface area contributed by atoms with E-state index in [2.05, 4.69) is 15.4 Å². The highest BCUT2D eigenvalue weighted by molar-refractivity contribution is 7.89. The van der Waals surface area contributed by atoms with Crippen LogP contribution in [0, 0.1) is 0 Å². The number of amides is 3. The van der Waals surface area contributed by atoms with Gasteiger partial charge in [-0.2, -0.15) is 0 Å². The molecule has 0 heterocycles. The minimum atomic E-state index is -3.84. The number of benzene rings is 1. The molecule has 3 amide bonds. The largest absolute Gasteiger partial charge is 0.449 e. The Balaban J connectivity index is 2.85. The van der Waals surface area contributed by atoms with Gasteiger partial charge in [-0.1, -0.05) is 6.07 Å². The van der Waals surface area contributed by atoms with E-state index in [0.29, 0.717) is 0 Å². The van der Waals surface area contributed by atoms with Gasteiger partial charge in [0.2, 0.25) is 10.0 Å². The lowest BCUT2D eigenvalue weighted by molar-refractivity contribution is -0.127. The Morgan fingerprint density at radius 2 is 1.59 bits per heavy atom. The van der Waals surface area contributed by atoms with E-state index in [9.17, 15) is 22.8 Å². The highest BCUT2D eigenvalue weighted by Crippen LogP contribution is 2.16. The molecule has 1 aromatic rings. The second-order valence-corrected chi connectivity index (χ2v) is 10.3. The van der Waals surface area contributed by atoms with Crippen LogP contribution in [0.25, 0.3) is 0 Å². The zero-order valence-electron chi connectivity index (χ0n) is 17.7. The minimum Gasteiger partial charge on any atom is -0.449 e. The summed E-state index contributed by atoms with van der Waals surface area (Å²) in [6.45, 7) is 11.6. The van der Waals surface area contributed by atoms with Gasteiger partial charge in [0, 0.05) is 11.1 Å². The molecule has 10 heteroatoms. The van der Waals surface area contributed by atoms with E-state index < -0.39 is 45.1 Å². The second kappa shape index (κ2) is 8.91. The van der Waals surface area contributed by atoms with Crippen LogP contribution in [0.4, 0.5) is 4.79 Å². The molecule has 0 saturated carbocycles. The molecule has 1 aromatic carbocycles. The Hall–Kier alpha value is -2.46. The Morgan fingerprint density at radius 3 is 2.10 bits per heavy atom. The molecule has 0 aliphatic rings. The molecular weight excluding hydrogens is 398 g/mol. The second-order valence-electron chi connectivity index (χ2n) is 8.62. The molecule has 3 N–H and O–H groups in total. The van der Waals surface area contributed by atoms with Crippen molar-refractivity contribution in [3.8, 4) is 0 Å². The summed E-state index contributed by atoms with van der Waals surface area (Å²) in [5, 5.41) is 4.63. The van der Waals surface area contributed by atoms with Gasteiger partial charge in [0.05, 0.1) is 10.5 Å².